The molecule has 0 amide bonds. The van der Waals surface area contributed by atoms with Crippen molar-refractivity contribution in [2.45, 2.75) is 12.6 Å². The number of nitrogen functional groups attached to an aromatic ring is 2. The number of nitrogens with two attached hydrogens (primary N) is 2. The zero-order valence-electron chi connectivity index (χ0n) is 10.3. The summed E-state index contributed by atoms with van der Waals surface area (Å²) in [6.07, 6.45) is -4.42. The molecule has 0 aliphatic carbocycles. The van der Waals surface area contributed by atoms with Gasteiger partial charge in [-0.15, -0.1) is 0 Å². The van der Waals surface area contributed by atoms with E-state index in [-0.39, 0.29) is 23.4 Å². The monoisotopic (exact) mass is 280 g/mol. The molecule has 4 N–H and O–H groups in total. The first kappa shape index (κ1) is 12.7. The highest BCUT2D eigenvalue weighted by Crippen LogP contribution is 2.45. The van der Waals surface area contributed by atoms with Gasteiger partial charge in [-0.1, -0.05) is 0 Å². The first-order valence-electron chi connectivity index (χ1n) is 5.91. The third kappa shape index (κ3) is 1.93. The number of anilines is 2. The second-order valence-electron chi connectivity index (χ2n) is 4.65. The molecule has 0 radical (unpaired) electrons. The molecule has 1 heterocycles. The molecule has 3 nitrogen and oxygen atoms in total. The van der Waals surface area contributed by atoms with Crippen LogP contribution in [0.4, 0.5) is 24.5 Å². The Bertz CT molecular complexity index is 696. The number of hydrogen-bond donors (Lipinski definition) is 2. The van der Waals surface area contributed by atoms with Gasteiger partial charge < -0.3 is 16.2 Å². The number of ether oxygens (including phenoxy) is 1. The number of fused-ring (bicyclic) bond motifs is 2. The van der Waals surface area contributed by atoms with Gasteiger partial charge in [-0.05, 0) is 30.3 Å². The fourth-order valence-corrected chi connectivity index (χ4v) is 2.40. The van der Waals surface area contributed by atoms with Gasteiger partial charge in [0.25, 0.3) is 0 Å². The van der Waals surface area contributed by atoms with Crippen molar-refractivity contribution in [2.75, 3.05) is 11.5 Å². The number of halogens is 3. The third-order valence-electron chi connectivity index (χ3n) is 3.26. The number of hydrogen-bond acceptors (Lipinski definition) is 3. The summed E-state index contributed by atoms with van der Waals surface area (Å²) in [5.74, 6) is 0.702. The second kappa shape index (κ2) is 4.06. The zero-order chi connectivity index (χ0) is 14.5. The van der Waals surface area contributed by atoms with Gasteiger partial charge >= 0.3 is 6.18 Å². The highest BCUT2D eigenvalue weighted by Gasteiger charge is 2.38. The molecule has 6 heteroatoms. The van der Waals surface area contributed by atoms with Crippen LogP contribution < -0.4 is 16.2 Å². The van der Waals surface area contributed by atoms with Crippen molar-refractivity contribution >= 4 is 11.4 Å². The van der Waals surface area contributed by atoms with Gasteiger partial charge in [-0.2, -0.15) is 13.2 Å². The molecule has 0 spiro atoms. The Balaban J connectivity index is 2.18. The van der Waals surface area contributed by atoms with E-state index < -0.39 is 11.7 Å². The molecule has 0 saturated carbocycles. The average Bonchev–Trinajstić information content (AvgIpc) is 2.34. The molecule has 0 saturated heterocycles. The lowest BCUT2D eigenvalue weighted by molar-refractivity contribution is -0.137. The van der Waals surface area contributed by atoms with E-state index in [4.69, 9.17) is 16.2 Å². The Hall–Kier alpha value is -2.37. The molecule has 0 fully saturated rings. The lowest BCUT2D eigenvalue weighted by atomic mass is 9.94. The molecule has 20 heavy (non-hydrogen) atoms. The van der Waals surface area contributed by atoms with Crippen LogP contribution in [-0.4, -0.2) is 0 Å². The predicted molar refractivity (Wildman–Crippen MR) is 69.6 cm³/mol. The molecule has 1 aliphatic rings. The van der Waals surface area contributed by atoms with E-state index in [2.05, 4.69) is 0 Å². The van der Waals surface area contributed by atoms with Gasteiger partial charge in [0.1, 0.15) is 11.5 Å². The molecule has 0 unspecified atom stereocenters. The molecule has 104 valence electrons. The summed E-state index contributed by atoms with van der Waals surface area (Å²) in [5.41, 5.74) is 11.2. The molecule has 1 aliphatic heterocycles. The van der Waals surface area contributed by atoms with E-state index in [0.29, 0.717) is 17.0 Å². The maximum atomic E-state index is 13.1. The molecule has 2 aromatic carbocycles. The van der Waals surface area contributed by atoms with Crippen LogP contribution in [0.15, 0.2) is 30.3 Å². The predicted octanol–water partition coefficient (Wildman–Crippen LogP) is 3.57. The topological polar surface area (TPSA) is 61.3 Å². The maximum Gasteiger partial charge on any atom is 0.418 e. The van der Waals surface area contributed by atoms with Gasteiger partial charge in [0.05, 0.1) is 5.56 Å². The van der Waals surface area contributed by atoms with Crippen LogP contribution in [0.1, 0.15) is 16.7 Å². The zero-order valence-corrected chi connectivity index (χ0v) is 10.3. The van der Waals surface area contributed by atoms with Gasteiger partial charge in [-0.3, -0.25) is 0 Å². The SMILES string of the molecule is Nc1ccc2c(c1)Cc1c(ccc(N)c1C(F)(F)F)O2. The summed E-state index contributed by atoms with van der Waals surface area (Å²) < 4.78 is 44.9. The molecular formula is C14H11F3N2O. The second-order valence-corrected chi connectivity index (χ2v) is 4.65. The van der Waals surface area contributed by atoms with Gasteiger partial charge in [0.15, 0.2) is 0 Å². The Labute approximate surface area is 113 Å². The molecular weight excluding hydrogens is 269 g/mol. The summed E-state index contributed by atoms with van der Waals surface area (Å²) in [7, 11) is 0. The van der Waals surface area contributed by atoms with Crippen LogP contribution >= 0.6 is 0 Å². The van der Waals surface area contributed by atoms with Crippen LogP contribution in [-0.2, 0) is 12.6 Å². The summed E-state index contributed by atoms with van der Waals surface area (Å²) in [4.78, 5) is 0. The van der Waals surface area contributed by atoms with E-state index >= 15 is 0 Å². The minimum absolute atomic E-state index is 0.0515. The number of alkyl halides is 3. The fraction of sp³-hybridized carbons (Fsp3) is 0.143. The van der Waals surface area contributed by atoms with Crippen molar-refractivity contribution in [3.05, 3.63) is 47.0 Å². The quantitative estimate of drug-likeness (QED) is 0.619. The Kier molecular flexibility index (Phi) is 2.57. The Morgan fingerprint density at radius 2 is 1.70 bits per heavy atom. The molecule has 0 atom stereocenters. The van der Waals surface area contributed by atoms with Crippen molar-refractivity contribution in [3.63, 3.8) is 0 Å². The van der Waals surface area contributed by atoms with Crippen molar-refractivity contribution in [2.24, 2.45) is 0 Å². The summed E-state index contributed by atoms with van der Waals surface area (Å²) in [5, 5.41) is 0. The summed E-state index contributed by atoms with van der Waals surface area (Å²) in [6, 6.07) is 7.58. The largest absolute Gasteiger partial charge is 0.457 e. The van der Waals surface area contributed by atoms with Crippen LogP contribution in [0.25, 0.3) is 0 Å². The lowest BCUT2D eigenvalue weighted by Crippen LogP contribution is -2.16. The van der Waals surface area contributed by atoms with Crippen LogP contribution in [0, 0.1) is 0 Å². The molecule has 3 rings (SSSR count). The lowest BCUT2D eigenvalue weighted by Gasteiger charge is -2.24. The normalized spacial score (nSPS) is 13.3. The van der Waals surface area contributed by atoms with Crippen molar-refractivity contribution < 1.29 is 17.9 Å². The number of rotatable bonds is 0. The van der Waals surface area contributed by atoms with Crippen LogP contribution in [0.2, 0.25) is 0 Å². The minimum atomic E-state index is -4.52. The van der Waals surface area contributed by atoms with Gasteiger partial charge in [0, 0.05) is 28.9 Å². The highest BCUT2D eigenvalue weighted by atomic mass is 19.4. The van der Waals surface area contributed by atoms with Crippen molar-refractivity contribution in [1.82, 2.24) is 0 Å². The molecule has 2 aromatic rings. The maximum absolute atomic E-state index is 13.1. The van der Waals surface area contributed by atoms with E-state index in [0.717, 1.165) is 0 Å². The highest BCUT2D eigenvalue weighted by molar-refractivity contribution is 5.63. The summed E-state index contributed by atoms with van der Waals surface area (Å²) >= 11 is 0. The first-order chi connectivity index (χ1) is 9.36. The van der Waals surface area contributed by atoms with E-state index in [1.807, 2.05) is 0 Å². The van der Waals surface area contributed by atoms with Gasteiger partial charge in [-0.25, -0.2) is 0 Å². The molecule has 0 aromatic heterocycles. The van der Waals surface area contributed by atoms with Crippen LogP contribution in [0.5, 0.6) is 11.5 Å². The number of benzene rings is 2. The standard InChI is InChI=1S/C14H11F3N2O/c15-14(16,17)13-9-6-7-5-8(18)1-3-11(7)20-12(9)4-2-10(13)19/h1-5H,6,18-19H2. The smallest absolute Gasteiger partial charge is 0.418 e. The Morgan fingerprint density at radius 1 is 1.00 bits per heavy atom. The first-order valence-corrected chi connectivity index (χ1v) is 5.91. The van der Waals surface area contributed by atoms with Gasteiger partial charge in [0.2, 0.25) is 0 Å². The van der Waals surface area contributed by atoms with Crippen molar-refractivity contribution in [1.29, 1.82) is 0 Å². The van der Waals surface area contributed by atoms with E-state index in [1.54, 1.807) is 18.2 Å². The minimum Gasteiger partial charge on any atom is -0.457 e. The Morgan fingerprint density at radius 3 is 2.40 bits per heavy atom. The van der Waals surface area contributed by atoms with E-state index in [9.17, 15) is 13.2 Å². The molecule has 0 bridgehead atoms. The third-order valence-corrected chi connectivity index (χ3v) is 3.26. The fourth-order valence-electron chi connectivity index (χ4n) is 2.40. The van der Waals surface area contributed by atoms with Crippen molar-refractivity contribution in [3.8, 4) is 11.5 Å². The summed E-state index contributed by atoms with van der Waals surface area (Å²) in [6.45, 7) is 0. The van der Waals surface area contributed by atoms with E-state index in [1.165, 1.54) is 12.1 Å². The van der Waals surface area contributed by atoms with Crippen LogP contribution in [0.3, 0.4) is 0 Å². The average molecular weight is 280 g/mol.